The summed E-state index contributed by atoms with van der Waals surface area (Å²) in [5.41, 5.74) is 1.16. The van der Waals surface area contributed by atoms with E-state index in [0.717, 1.165) is 12.1 Å². The molecule has 0 bridgehead atoms. The van der Waals surface area contributed by atoms with Crippen molar-refractivity contribution < 1.29 is 8.42 Å². The smallest absolute Gasteiger partial charge is 0.257 e. The number of nitrogens with one attached hydrogen (secondary N) is 2. The molecule has 110 valence electrons. The first-order chi connectivity index (χ1) is 10.2. The van der Waals surface area contributed by atoms with E-state index < -0.39 is 10.0 Å². The summed E-state index contributed by atoms with van der Waals surface area (Å²) in [4.78, 5) is 6.30. The molecule has 7 heteroatoms. The Bertz CT molecular complexity index is 822. The minimum Gasteiger partial charge on any atom is -0.347 e. The Morgan fingerprint density at radius 3 is 2.90 bits per heavy atom. The van der Waals surface area contributed by atoms with Gasteiger partial charge in [-0.1, -0.05) is 18.2 Å². The summed E-state index contributed by atoms with van der Waals surface area (Å²) >= 11 is 0. The van der Waals surface area contributed by atoms with E-state index in [-0.39, 0.29) is 5.03 Å². The number of aromatic nitrogens is 3. The Morgan fingerprint density at radius 2 is 2.10 bits per heavy atom. The second kappa shape index (κ2) is 5.71. The van der Waals surface area contributed by atoms with Crippen molar-refractivity contribution in [1.29, 1.82) is 0 Å². The van der Waals surface area contributed by atoms with Crippen LogP contribution in [0.2, 0.25) is 0 Å². The van der Waals surface area contributed by atoms with Crippen molar-refractivity contribution in [3.8, 4) is 0 Å². The van der Waals surface area contributed by atoms with Crippen molar-refractivity contribution in [3.63, 3.8) is 0 Å². The highest BCUT2D eigenvalue weighted by Crippen LogP contribution is 2.15. The predicted octanol–water partition coefficient (Wildman–Crippen LogP) is 1.73. The molecule has 2 aromatic heterocycles. The second-order valence-electron chi connectivity index (χ2n) is 4.74. The van der Waals surface area contributed by atoms with Crippen LogP contribution in [-0.4, -0.2) is 29.5 Å². The van der Waals surface area contributed by atoms with Crippen molar-refractivity contribution in [2.75, 3.05) is 6.54 Å². The first-order valence-electron chi connectivity index (χ1n) is 6.69. The topological polar surface area (TPSA) is 79.8 Å². The van der Waals surface area contributed by atoms with E-state index in [1.54, 1.807) is 0 Å². The number of fused-ring (bicyclic) bond motifs is 1. The van der Waals surface area contributed by atoms with Crippen LogP contribution in [-0.2, 0) is 16.6 Å². The molecule has 2 heterocycles. The lowest BCUT2D eigenvalue weighted by Gasteiger charge is -2.07. The quantitative estimate of drug-likeness (QED) is 0.681. The molecule has 0 saturated heterocycles. The summed E-state index contributed by atoms with van der Waals surface area (Å²) in [6.07, 6.45) is 5.38. The second-order valence-corrected chi connectivity index (χ2v) is 6.47. The first kappa shape index (κ1) is 13.8. The molecule has 0 saturated carbocycles. The molecule has 0 spiro atoms. The third kappa shape index (κ3) is 2.98. The Balaban J connectivity index is 1.57. The van der Waals surface area contributed by atoms with E-state index >= 15 is 0 Å². The van der Waals surface area contributed by atoms with Gasteiger partial charge in [-0.15, -0.1) is 0 Å². The SMILES string of the molecule is O=S(=O)(NCCCn1ccc2ccccc21)c1cnc[nH]1. The van der Waals surface area contributed by atoms with Gasteiger partial charge in [0.1, 0.15) is 0 Å². The highest BCUT2D eigenvalue weighted by Gasteiger charge is 2.14. The number of rotatable bonds is 6. The molecule has 0 atom stereocenters. The number of nitrogens with zero attached hydrogens (tertiary/aromatic N) is 2. The van der Waals surface area contributed by atoms with Gasteiger partial charge >= 0.3 is 0 Å². The molecular formula is C14H16N4O2S. The molecule has 0 aliphatic heterocycles. The van der Waals surface area contributed by atoms with E-state index in [4.69, 9.17) is 0 Å². The number of H-pyrrole nitrogens is 1. The molecular weight excluding hydrogens is 288 g/mol. The van der Waals surface area contributed by atoms with Crippen molar-refractivity contribution in [1.82, 2.24) is 19.3 Å². The van der Waals surface area contributed by atoms with Crippen molar-refractivity contribution in [3.05, 3.63) is 49.1 Å². The van der Waals surface area contributed by atoms with Crippen LogP contribution in [0.3, 0.4) is 0 Å². The molecule has 0 radical (unpaired) electrons. The van der Waals surface area contributed by atoms with Crippen molar-refractivity contribution >= 4 is 20.9 Å². The van der Waals surface area contributed by atoms with Gasteiger partial charge in [-0.2, -0.15) is 0 Å². The molecule has 6 nitrogen and oxygen atoms in total. The average Bonchev–Trinajstić information content (AvgIpc) is 3.14. The number of aryl methyl sites for hydroxylation is 1. The van der Waals surface area contributed by atoms with Gasteiger partial charge in [-0.3, -0.25) is 0 Å². The van der Waals surface area contributed by atoms with Gasteiger partial charge in [0.05, 0.1) is 12.5 Å². The highest BCUT2D eigenvalue weighted by molar-refractivity contribution is 7.89. The van der Waals surface area contributed by atoms with Gasteiger partial charge in [-0.25, -0.2) is 18.1 Å². The maximum Gasteiger partial charge on any atom is 0.257 e. The summed E-state index contributed by atoms with van der Waals surface area (Å²) < 4.78 is 28.4. The molecule has 0 aliphatic rings. The third-order valence-electron chi connectivity index (χ3n) is 3.31. The fourth-order valence-electron chi connectivity index (χ4n) is 2.26. The van der Waals surface area contributed by atoms with Gasteiger partial charge in [0.25, 0.3) is 10.0 Å². The molecule has 3 rings (SSSR count). The minimum absolute atomic E-state index is 0.0916. The maximum atomic E-state index is 11.9. The van der Waals surface area contributed by atoms with Crippen molar-refractivity contribution in [2.24, 2.45) is 0 Å². The van der Waals surface area contributed by atoms with Gasteiger partial charge in [-0.05, 0) is 23.9 Å². The number of hydrogen-bond acceptors (Lipinski definition) is 3. The van der Waals surface area contributed by atoms with E-state index in [0.29, 0.717) is 13.0 Å². The molecule has 0 aliphatic carbocycles. The number of benzene rings is 1. The molecule has 1 aromatic carbocycles. The lowest BCUT2D eigenvalue weighted by Crippen LogP contribution is -2.25. The number of para-hydroxylation sites is 1. The maximum absolute atomic E-state index is 11.9. The van der Waals surface area contributed by atoms with E-state index in [2.05, 4.69) is 37.5 Å². The molecule has 0 amide bonds. The van der Waals surface area contributed by atoms with Crippen LogP contribution >= 0.6 is 0 Å². The fourth-order valence-corrected chi connectivity index (χ4v) is 3.24. The number of sulfonamides is 1. The predicted molar refractivity (Wildman–Crippen MR) is 80.3 cm³/mol. The first-order valence-corrected chi connectivity index (χ1v) is 8.17. The Morgan fingerprint density at radius 1 is 1.24 bits per heavy atom. The third-order valence-corrected chi connectivity index (χ3v) is 4.70. The lowest BCUT2D eigenvalue weighted by atomic mass is 10.2. The lowest BCUT2D eigenvalue weighted by molar-refractivity contribution is 0.569. The van der Waals surface area contributed by atoms with Crippen LogP contribution in [0, 0.1) is 0 Å². The molecule has 3 aromatic rings. The van der Waals surface area contributed by atoms with Gasteiger partial charge < -0.3 is 9.55 Å². The minimum atomic E-state index is -3.48. The summed E-state index contributed by atoms with van der Waals surface area (Å²) in [7, 11) is -3.48. The zero-order valence-electron chi connectivity index (χ0n) is 11.4. The largest absolute Gasteiger partial charge is 0.347 e. The van der Waals surface area contributed by atoms with E-state index in [9.17, 15) is 8.42 Å². The van der Waals surface area contributed by atoms with Crippen LogP contribution in [0.15, 0.2) is 54.1 Å². The monoisotopic (exact) mass is 304 g/mol. The summed E-state index contributed by atoms with van der Waals surface area (Å²) in [6.45, 7) is 1.15. The number of aromatic amines is 1. The molecule has 21 heavy (non-hydrogen) atoms. The van der Waals surface area contributed by atoms with Crippen LogP contribution in [0.4, 0.5) is 0 Å². The van der Waals surface area contributed by atoms with Crippen LogP contribution in [0.5, 0.6) is 0 Å². The van der Waals surface area contributed by atoms with Crippen LogP contribution < -0.4 is 4.72 Å². The van der Waals surface area contributed by atoms with Gasteiger partial charge in [0.2, 0.25) is 0 Å². The summed E-state index contributed by atoms with van der Waals surface area (Å²) in [5, 5.41) is 1.28. The average molecular weight is 304 g/mol. The fraction of sp³-hybridized carbons (Fsp3) is 0.214. The Hall–Kier alpha value is -2.12. The summed E-state index contributed by atoms with van der Waals surface area (Å²) in [6, 6.07) is 10.2. The van der Waals surface area contributed by atoms with Gasteiger partial charge in [0, 0.05) is 24.8 Å². The standard InChI is InChI=1S/C14H16N4O2S/c19-21(20,14-10-15-11-16-14)17-7-3-8-18-9-6-12-4-1-2-5-13(12)18/h1-2,4-6,9-11,17H,3,7-8H2,(H,15,16). The highest BCUT2D eigenvalue weighted by atomic mass is 32.2. The molecule has 2 N–H and O–H groups in total. The zero-order chi connectivity index (χ0) is 14.7. The van der Waals surface area contributed by atoms with E-state index in [1.165, 1.54) is 17.9 Å². The Kier molecular flexibility index (Phi) is 3.76. The number of imidazole rings is 1. The van der Waals surface area contributed by atoms with Crippen molar-refractivity contribution in [2.45, 2.75) is 18.0 Å². The summed E-state index contributed by atoms with van der Waals surface area (Å²) in [5.74, 6) is 0. The normalized spacial score (nSPS) is 12.0. The van der Waals surface area contributed by atoms with Crippen LogP contribution in [0.25, 0.3) is 10.9 Å². The van der Waals surface area contributed by atoms with E-state index in [1.807, 2.05) is 18.3 Å². The Labute approximate surface area is 122 Å². The number of hydrogen-bond donors (Lipinski definition) is 2. The van der Waals surface area contributed by atoms with Crippen LogP contribution in [0.1, 0.15) is 6.42 Å². The molecule has 0 unspecified atom stereocenters. The van der Waals surface area contributed by atoms with Gasteiger partial charge in [0.15, 0.2) is 5.03 Å². The zero-order valence-corrected chi connectivity index (χ0v) is 12.2. The molecule has 0 fully saturated rings.